The van der Waals surface area contributed by atoms with Crippen molar-refractivity contribution in [2.24, 2.45) is 5.92 Å². The largest absolute Gasteiger partial charge is 0.433 e. The van der Waals surface area contributed by atoms with Crippen molar-refractivity contribution in [3.05, 3.63) is 65.1 Å². The van der Waals surface area contributed by atoms with Gasteiger partial charge in [0.1, 0.15) is 17.8 Å². The highest BCUT2D eigenvalue weighted by molar-refractivity contribution is 5.57. The molecule has 3 aromatic rings. The van der Waals surface area contributed by atoms with Crippen LogP contribution >= 0.6 is 0 Å². The van der Waals surface area contributed by atoms with Gasteiger partial charge in [0.2, 0.25) is 0 Å². The van der Waals surface area contributed by atoms with Gasteiger partial charge in [-0.2, -0.15) is 18.3 Å². The number of hydrogen-bond donors (Lipinski definition) is 0. The third-order valence-electron chi connectivity index (χ3n) is 4.50. The smallest absolute Gasteiger partial charge is 0.356 e. The van der Waals surface area contributed by atoms with Gasteiger partial charge in [0.25, 0.3) is 5.56 Å². The van der Waals surface area contributed by atoms with Crippen LogP contribution in [0.15, 0.2) is 53.8 Å². The van der Waals surface area contributed by atoms with Gasteiger partial charge in [0.05, 0.1) is 12.2 Å². The monoisotopic (exact) mass is 388 g/mol. The van der Waals surface area contributed by atoms with E-state index in [-0.39, 0.29) is 17.3 Å². The number of pyridine rings is 1. The van der Waals surface area contributed by atoms with Crippen LogP contribution in [0, 0.1) is 5.92 Å². The van der Waals surface area contributed by atoms with E-state index in [0.29, 0.717) is 25.3 Å². The second-order valence-corrected chi connectivity index (χ2v) is 6.51. The van der Waals surface area contributed by atoms with Crippen molar-refractivity contribution in [2.75, 3.05) is 18.0 Å². The van der Waals surface area contributed by atoms with Crippen molar-refractivity contribution in [3.63, 3.8) is 0 Å². The van der Waals surface area contributed by atoms with E-state index in [2.05, 4.69) is 20.1 Å². The minimum atomic E-state index is -4.51. The number of alkyl halides is 3. The molecule has 4 heterocycles. The van der Waals surface area contributed by atoms with Crippen molar-refractivity contribution in [1.82, 2.24) is 24.7 Å². The summed E-state index contributed by atoms with van der Waals surface area (Å²) in [6, 6.07) is 7.65. The Morgan fingerprint density at radius 3 is 2.54 bits per heavy atom. The van der Waals surface area contributed by atoms with Gasteiger partial charge in [0.15, 0.2) is 0 Å². The van der Waals surface area contributed by atoms with E-state index in [1.807, 2.05) is 0 Å². The van der Waals surface area contributed by atoms with E-state index < -0.39 is 11.9 Å². The molecule has 0 bridgehead atoms. The van der Waals surface area contributed by atoms with E-state index in [9.17, 15) is 18.0 Å². The molecule has 0 unspecified atom stereocenters. The van der Waals surface area contributed by atoms with Crippen LogP contribution in [0.25, 0.3) is 11.3 Å². The molecule has 0 aliphatic carbocycles. The van der Waals surface area contributed by atoms with Crippen LogP contribution in [0.1, 0.15) is 5.69 Å². The Morgan fingerprint density at radius 1 is 1.07 bits per heavy atom. The van der Waals surface area contributed by atoms with Gasteiger partial charge in [-0.05, 0) is 18.2 Å². The van der Waals surface area contributed by atoms with E-state index in [4.69, 9.17) is 0 Å². The molecule has 3 aromatic heterocycles. The minimum Gasteiger partial charge on any atom is -0.356 e. The molecule has 0 atom stereocenters. The molecule has 28 heavy (non-hydrogen) atoms. The summed E-state index contributed by atoms with van der Waals surface area (Å²) in [5, 5.41) is 4.39. The second-order valence-electron chi connectivity index (χ2n) is 6.51. The summed E-state index contributed by atoms with van der Waals surface area (Å²) >= 11 is 0. The first-order valence-corrected chi connectivity index (χ1v) is 8.53. The molecule has 1 saturated heterocycles. The number of nitrogens with zero attached hydrogens (tertiary/aromatic N) is 6. The Balaban J connectivity index is 1.45. The number of aromatic nitrogens is 5. The van der Waals surface area contributed by atoms with Crippen LogP contribution in [-0.4, -0.2) is 37.8 Å². The minimum absolute atomic E-state index is 0.0854. The maximum atomic E-state index is 12.8. The Morgan fingerprint density at radius 2 is 1.82 bits per heavy atom. The summed E-state index contributed by atoms with van der Waals surface area (Å²) < 4.78 is 39.7. The lowest BCUT2D eigenvalue weighted by atomic mass is 10.0. The molecule has 144 valence electrons. The second kappa shape index (κ2) is 7.02. The zero-order valence-electron chi connectivity index (χ0n) is 14.5. The van der Waals surface area contributed by atoms with Crippen molar-refractivity contribution < 1.29 is 13.2 Å². The normalized spacial score (nSPS) is 14.8. The van der Waals surface area contributed by atoms with Crippen LogP contribution in [0.3, 0.4) is 0 Å². The molecule has 0 radical (unpaired) electrons. The number of anilines is 1. The maximum Gasteiger partial charge on any atom is 0.433 e. The number of rotatable bonds is 4. The molecule has 1 aliphatic rings. The molecular formula is C18H15F3N6O. The Kier molecular flexibility index (Phi) is 4.54. The Hall–Kier alpha value is -3.30. The van der Waals surface area contributed by atoms with Gasteiger partial charge >= 0.3 is 6.18 Å². The standard InChI is InChI=1S/C18H15F3N6O/c19-18(20,21)15-7-16(24-11-23-15)26-8-12(9-26)10-27-17(28)2-1-14(25-27)13-3-5-22-6-4-13/h1-7,11-12H,8-10H2. The van der Waals surface area contributed by atoms with Gasteiger partial charge < -0.3 is 4.90 Å². The van der Waals surface area contributed by atoms with Crippen LogP contribution in [0.5, 0.6) is 0 Å². The third-order valence-corrected chi connectivity index (χ3v) is 4.50. The molecule has 1 aliphatic heterocycles. The van der Waals surface area contributed by atoms with Crippen molar-refractivity contribution in [1.29, 1.82) is 0 Å². The van der Waals surface area contributed by atoms with Gasteiger partial charge in [-0.3, -0.25) is 9.78 Å². The number of hydrogen-bond acceptors (Lipinski definition) is 6. The fourth-order valence-corrected chi connectivity index (χ4v) is 3.05. The quantitative estimate of drug-likeness (QED) is 0.682. The summed E-state index contributed by atoms with van der Waals surface area (Å²) in [4.78, 5) is 25.0. The fourth-order valence-electron chi connectivity index (χ4n) is 3.05. The zero-order chi connectivity index (χ0) is 19.7. The number of halogens is 3. The molecule has 0 N–H and O–H groups in total. The van der Waals surface area contributed by atoms with E-state index in [1.165, 1.54) is 10.7 Å². The molecule has 4 rings (SSSR count). The molecule has 0 amide bonds. The summed E-state index contributed by atoms with van der Waals surface area (Å²) in [6.45, 7) is 1.36. The molecule has 0 spiro atoms. The third kappa shape index (κ3) is 3.71. The highest BCUT2D eigenvalue weighted by atomic mass is 19.4. The van der Waals surface area contributed by atoms with Gasteiger partial charge in [-0.1, -0.05) is 0 Å². The van der Waals surface area contributed by atoms with Crippen LogP contribution in [0.2, 0.25) is 0 Å². The predicted octanol–water partition coefficient (Wildman–Crippen LogP) is 2.25. The first kappa shape index (κ1) is 18.1. The molecule has 10 heteroatoms. The predicted molar refractivity (Wildman–Crippen MR) is 94.5 cm³/mol. The van der Waals surface area contributed by atoms with Crippen molar-refractivity contribution in [3.8, 4) is 11.3 Å². The first-order chi connectivity index (χ1) is 13.4. The molecule has 1 fully saturated rings. The summed E-state index contributed by atoms with van der Waals surface area (Å²) in [5.41, 5.74) is 0.310. The Bertz CT molecular complexity index is 1030. The van der Waals surface area contributed by atoms with E-state index in [1.54, 1.807) is 35.5 Å². The zero-order valence-corrected chi connectivity index (χ0v) is 14.5. The topological polar surface area (TPSA) is 76.8 Å². The lowest BCUT2D eigenvalue weighted by Crippen LogP contribution is -2.50. The highest BCUT2D eigenvalue weighted by Gasteiger charge is 2.35. The molecule has 7 nitrogen and oxygen atoms in total. The SMILES string of the molecule is O=c1ccc(-c2ccncc2)nn1CC1CN(c2cc(C(F)(F)F)ncn2)C1. The highest BCUT2D eigenvalue weighted by Crippen LogP contribution is 2.31. The average Bonchev–Trinajstić information content (AvgIpc) is 2.66. The Labute approximate surface area is 157 Å². The summed E-state index contributed by atoms with van der Waals surface area (Å²) in [6.07, 6.45) is -0.303. The summed E-state index contributed by atoms with van der Waals surface area (Å²) in [7, 11) is 0. The van der Waals surface area contributed by atoms with Crippen molar-refractivity contribution in [2.45, 2.75) is 12.7 Å². The lowest BCUT2D eigenvalue weighted by Gasteiger charge is -2.40. The van der Waals surface area contributed by atoms with Crippen LogP contribution in [0.4, 0.5) is 19.0 Å². The van der Waals surface area contributed by atoms with Gasteiger partial charge in [-0.25, -0.2) is 14.6 Å². The van der Waals surface area contributed by atoms with Gasteiger partial charge in [-0.15, -0.1) is 0 Å². The summed E-state index contributed by atoms with van der Waals surface area (Å²) in [5.74, 6) is 0.312. The van der Waals surface area contributed by atoms with E-state index >= 15 is 0 Å². The molecule has 0 aromatic carbocycles. The van der Waals surface area contributed by atoms with E-state index in [0.717, 1.165) is 18.0 Å². The molecular weight excluding hydrogens is 373 g/mol. The van der Waals surface area contributed by atoms with Gasteiger partial charge in [0, 0.05) is 49.1 Å². The fraction of sp³-hybridized carbons (Fsp3) is 0.278. The average molecular weight is 388 g/mol. The van der Waals surface area contributed by atoms with Crippen LogP contribution < -0.4 is 10.5 Å². The maximum absolute atomic E-state index is 12.8. The van der Waals surface area contributed by atoms with Crippen molar-refractivity contribution >= 4 is 5.82 Å². The molecule has 0 saturated carbocycles. The lowest BCUT2D eigenvalue weighted by molar-refractivity contribution is -0.141. The van der Waals surface area contributed by atoms with Crippen LogP contribution in [-0.2, 0) is 12.7 Å². The first-order valence-electron chi connectivity index (χ1n) is 8.53.